The summed E-state index contributed by atoms with van der Waals surface area (Å²) in [5.74, 6) is -1.50. The molecule has 1 fully saturated rings. The molecule has 33 heavy (non-hydrogen) atoms. The lowest BCUT2D eigenvalue weighted by atomic mass is 10.2. The van der Waals surface area contributed by atoms with Crippen molar-refractivity contribution in [3.05, 3.63) is 59.1 Å². The number of ether oxygens (including phenoxy) is 1. The number of halogens is 1. The number of carbonyl (C=O) groups excluding carboxylic acids is 3. The van der Waals surface area contributed by atoms with Crippen LogP contribution in [-0.2, 0) is 24.3 Å². The second-order valence-electron chi connectivity index (χ2n) is 7.49. The zero-order chi connectivity index (χ0) is 24.2. The van der Waals surface area contributed by atoms with Gasteiger partial charge in [-0.05, 0) is 43.3 Å². The van der Waals surface area contributed by atoms with E-state index in [9.17, 15) is 22.8 Å². The lowest BCUT2D eigenvalue weighted by Crippen LogP contribution is -2.49. The molecule has 1 aliphatic heterocycles. The minimum atomic E-state index is -3.86. The highest BCUT2D eigenvalue weighted by molar-refractivity contribution is 7.89. The molecule has 9 nitrogen and oxygen atoms in total. The van der Waals surface area contributed by atoms with Gasteiger partial charge in [0, 0.05) is 43.8 Å². The van der Waals surface area contributed by atoms with E-state index in [1.54, 1.807) is 29.2 Å². The Morgan fingerprint density at radius 3 is 2.33 bits per heavy atom. The van der Waals surface area contributed by atoms with E-state index in [0.29, 0.717) is 23.8 Å². The maximum Gasteiger partial charge on any atom is 0.338 e. The van der Waals surface area contributed by atoms with Crippen LogP contribution in [0.1, 0.15) is 24.2 Å². The third kappa shape index (κ3) is 6.10. The topological polar surface area (TPSA) is 113 Å². The SMILES string of the molecule is CC(=O)N1CCN(S(=O)(=O)c2cccc(C(=O)OC(C)C(=O)Nc3cccc(Cl)c3)c2)CC1. The Balaban J connectivity index is 1.66. The molecule has 1 N–H and O–H groups in total. The lowest BCUT2D eigenvalue weighted by Gasteiger charge is -2.33. The molecule has 2 amide bonds. The largest absolute Gasteiger partial charge is 0.449 e. The van der Waals surface area contributed by atoms with E-state index in [-0.39, 0.29) is 29.5 Å². The van der Waals surface area contributed by atoms with Crippen molar-refractivity contribution >= 4 is 45.1 Å². The fourth-order valence-electron chi connectivity index (χ4n) is 3.27. The monoisotopic (exact) mass is 493 g/mol. The first-order valence-corrected chi connectivity index (χ1v) is 12.0. The van der Waals surface area contributed by atoms with Crippen LogP contribution < -0.4 is 5.32 Å². The van der Waals surface area contributed by atoms with Crippen molar-refractivity contribution in [2.45, 2.75) is 24.8 Å². The summed E-state index contributed by atoms with van der Waals surface area (Å²) >= 11 is 5.89. The molecule has 1 heterocycles. The van der Waals surface area contributed by atoms with Gasteiger partial charge in [0.1, 0.15) is 0 Å². The predicted molar refractivity (Wildman–Crippen MR) is 122 cm³/mol. The highest BCUT2D eigenvalue weighted by atomic mass is 35.5. The number of hydrogen-bond acceptors (Lipinski definition) is 6. The summed E-state index contributed by atoms with van der Waals surface area (Å²) in [6, 6.07) is 12.0. The van der Waals surface area contributed by atoms with Gasteiger partial charge in [-0.2, -0.15) is 4.31 Å². The number of benzene rings is 2. The summed E-state index contributed by atoms with van der Waals surface area (Å²) in [5.41, 5.74) is 0.453. The second kappa shape index (κ2) is 10.3. The Hall–Kier alpha value is -2.95. The van der Waals surface area contributed by atoms with Gasteiger partial charge in [0.05, 0.1) is 10.5 Å². The molecule has 1 saturated heterocycles. The standard InChI is InChI=1S/C22H24ClN3O6S/c1-15(21(28)24-19-7-4-6-18(23)14-19)32-22(29)17-5-3-8-20(13-17)33(30,31)26-11-9-25(10-12-26)16(2)27/h3-8,13-15H,9-12H2,1-2H3,(H,24,28). The van der Waals surface area contributed by atoms with E-state index in [1.165, 1.54) is 42.4 Å². The first kappa shape index (κ1) is 24.7. The van der Waals surface area contributed by atoms with Gasteiger partial charge in [-0.1, -0.05) is 23.7 Å². The Bertz CT molecular complexity index is 1160. The summed E-state index contributed by atoms with van der Waals surface area (Å²) in [5, 5.41) is 3.04. The average molecular weight is 494 g/mol. The van der Waals surface area contributed by atoms with E-state index in [4.69, 9.17) is 16.3 Å². The van der Waals surface area contributed by atoms with E-state index in [1.807, 2.05) is 0 Å². The molecule has 0 aliphatic carbocycles. The van der Waals surface area contributed by atoms with Gasteiger partial charge in [-0.25, -0.2) is 13.2 Å². The van der Waals surface area contributed by atoms with Crippen LogP contribution in [0.25, 0.3) is 0 Å². The number of hydrogen-bond donors (Lipinski definition) is 1. The number of anilines is 1. The Morgan fingerprint density at radius 2 is 1.70 bits per heavy atom. The smallest absolute Gasteiger partial charge is 0.338 e. The Kier molecular flexibility index (Phi) is 7.72. The van der Waals surface area contributed by atoms with Crippen molar-refractivity contribution in [3.8, 4) is 0 Å². The van der Waals surface area contributed by atoms with E-state index in [0.717, 1.165) is 0 Å². The number of nitrogens with one attached hydrogen (secondary N) is 1. The zero-order valence-corrected chi connectivity index (χ0v) is 19.7. The van der Waals surface area contributed by atoms with Crippen LogP contribution in [0.5, 0.6) is 0 Å². The highest BCUT2D eigenvalue weighted by Gasteiger charge is 2.30. The number of carbonyl (C=O) groups is 3. The third-order valence-corrected chi connectivity index (χ3v) is 7.27. The van der Waals surface area contributed by atoms with E-state index >= 15 is 0 Å². The average Bonchev–Trinajstić information content (AvgIpc) is 2.79. The van der Waals surface area contributed by atoms with Crippen LogP contribution in [0, 0.1) is 0 Å². The maximum absolute atomic E-state index is 13.0. The van der Waals surface area contributed by atoms with Gasteiger partial charge in [0.2, 0.25) is 15.9 Å². The van der Waals surface area contributed by atoms with Crippen molar-refractivity contribution in [2.75, 3.05) is 31.5 Å². The van der Waals surface area contributed by atoms with Gasteiger partial charge >= 0.3 is 5.97 Å². The number of esters is 1. The lowest BCUT2D eigenvalue weighted by molar-refractivity contribution is -0.130. The molecule has 0 radical (unpaired) electrons. The van der Waals surface area contributed by atoms with Gasteiger partial charge in [-0.15, -0.1) is 0 Å². The van der Waals surface area contributed by atoms with Gasteiger partial charge in [0.15, 0.2) is 6.10 Å². The number of rotatable bonds is 6. The van der Waals surface area contributed by atoms with Gasteiger partial charge in [0.25, 0.3) is 5.91 Å². The molecular weight excluding hydrogens is 470 g/mol. The minimum absolute atomic E-state index is 0.000789. The van der Waals surface area contributed by atoms with Crippen LogP contribution in [0.2, 0.25) is 5.02 Å². The molecule has 0 bridgehead atoms. The molecular formula is C22H24ClN3O6S. The van der Waals surface area contributed by atoms with Crippen LogP contribution in [0.3, 0.4) is 0 Å². The van der Waals surface area contributed by atoms with Gasteiger partial charge in [-0.3, -0.25) is 9.59 Å². The number of amides is 2. The van der Waals surface area contributed by atoms with Crippen molar-refractivity contribution in [1.82, 2.24) is 9.21 Å². The highest BCUT2D eigenvalue weighted by Crippen LogP contribution is 2.20. The molecule has 176 valence electrons. The normalized spacial score (nSPS) is 15.5. The number of nitrogens with zero attached hydrogens (tertiary/aromatic N) is 2. The molecule has 2 aromatic carbocycles. The van der Waals surface area contributed by atoms with Crippen molar-refractivity contribution in [2.24, 2.45) is 0 Å². The number of piperazine rings is 1. The quantitative estimate of drug-likeness (QED) is 0.618. The molecule has 0 saturated carbocycles. The molecule has 11 heteroatoms. The number of sulfonamides is 1. The first-order valence-electron chi connectivity index (χ1n) is 10.2. The summed E-state index contributed by atoms with van der Waals surface area (Å²) < 4.78 is 32.5. The first-order chi connectivity index (χ1) is 15.6. The second-order valence-corrected chi connectivity index (χ2v) is 9.86. The molecule has 1 aliphatic rings. The Labute approximate surface area is 197 Å². The van der Waals surface area contributed by atoms with Crippen molar-refractivity contribution in [3.63, 3.8) is 0 Å². The Morgan fingerprint density at radius 1 is 1.03 bits per heavy atom. The van der Waals surface area contributed by atoms with Crippen molar-refractivity contribution in [1.29, 1.82) is 0 Å². The van der Waals surface area contributed by atoms with Crippen molar-refractivity contribution < 1.29 is 27.5 Å². The summed E-state index contributed by atoms with van der Waals surface area (Å²) in [7, 11) is -3.86. The summed E-state index contributed by atoms with van der Waals surface area (Å²) in [6.07, 6.45) is -1.13. The molecule has 3 rings (SSSR count). The molecule has 1 atom stereocenters. The molecule has 2 aromatic rings. The fraction of sp³-hybridized carbons (Fsp3) is 0.318. The summed E-state index contributed by atoms with van der Waals surface area (Å²) in [4.78, 5) is 37.9. The van der Waals surface area contributed by atoms with Crippen LogP contribution >= 0.6 is 11.6 Å². The maximum atomic E-state index is 13.0. The fourth-order valence-corrected chi connectivity index (χ4v) is 4.93. The molecule has 1 unspecified atom stereocenters. The molecule has 0 aromatic heterocycles. The van der Waals surface area contributed by atoms with Crippen LogP contribution in [0.15, 0.2) is 53.4 Å². The minimum Gasteiger partial charge on any atom is -0.449 e. The van der Waals surface area contributed by atoms with Gasteiger partial charge < -0.3 is 15.0 Å². The van der Waals surface area contributed by atoms with Crippen LogP contribution in [0.4, 0.5) is 5.69 Å². The predicted octanol–water partition coefficient (Wildman–Crippen LogP) is 2.38. The van der Waals surface area contributed by atoms with Crippen LogP contribution in [-0.4, -0.2) is 67.7 Å². The molecule has 0 spiro atoms. The van der Waals surface area contributed by atoms with E-state index in [2.05, 4.69) is 5.32 Å². The zero-order valence-electron chi connectivity index (χ0n) is 18.2. The third-order valence-electron chi connectivity index (χ3n) is 5.14. The van der Waals surface area contributed by atoms with E-state index < -0.39 is 28.0 Å². The summed E-state index contributed by atoms with van der Waals surface area (Å²) in [6.45, 7) is 3.78.